The van der Waals surface area contributed by atoms with Gasteiger partial charge in [-0.25, -0.2) is 0 Å². The van der Waals surface area contributed by atoms with E-state index in [1.807, 2.05) is 34.9 Å². The molecular weight excluding hydrogens is 415 g/mol. The smallest absolute Gasteiger partial charge is 0.230 e. The highest BCUT2D eigenvalue weighted by Crippen LogP contribution is 2.29. The van der Waals surface area contributed by atoms with E-state index in [-0.39, 0.29) is 11.7 Å². The minimum Gasteiger partial charge on any atom is -0.351 e. The van der Waals surface area contributed by atoms with Gasteiger partial charge in [-0.15, -0.1) is 16.8 Å². The van der Waals surface area contributed by atoms with Crippen LogP contribution in [0.15, 0.2) is 66.3 Å². The molecule has 0 aliphatic rings. The van der Waals surface area contributed by atoms with Crippen LogP contribution in [0.1, 0.15) is 5.56 Å². The molecule has 0 radical (unpaired) electrons. The largest absolute Gasteiger partial charge is 0.351 e. The van der Waals surface area contributed by atoms with Crippen LogP contribution in [0.25, 0.3) is 11.4 Å². The second-order valence-corrected chi connectivity index (χ2v) is 7.66. The van der Waals surface area contributed by atoms with E-state index in [2.05, 4.69) is 22.1 Å². The Labute approximate surface area is 177 Å². The quantitative estimate of drug-likeness (QED) is 0.408. The molecule has 3 aromatic rings. The van der Waals surface area contributed by atoms with Crippen LogP contribution in [0.3, 0.4) is 0 Å². The van der Waals surface area contributed by atoms with Crippen molar-refractivity contribution in [3.05, 3.63) is 76.8 Å². The number of halogens is 2. The molecule has 1 aromatic heterocycles. The van der Waals surface area contributed by atoms with Crippen LogP contribution in [0.5, 0.6) is 0 Å². The second kappa shape index (κ2) is 9.78. The van der Waals surface area contributed by atoms with Gasteiger partial charge < -0.3 is 5.32 Å². The Morgan fingerprint density at radius 1 is 1.14 bits per heavy atom. The molecule has 0 spiro atoms. The van der Waals surface area contributed by atoms with Gasteiger partial charge in [-0.3, -0.25) is 9.36 Å². The minimum absolute atomic E-state index is 0.0904. The van der Waals surface area contributed by atoms with Crippen LogP contribution in [0.2, 0.25) is 10.0 Å². The van der Waals surface area contributed by atoms with Crippen molar-refractivity contribution in [2.75, 3.05) is 5.75 Å². The maximum absolute atomic E-state index is 12.2. The Hall–Kier alpha value is -2.28. The van der Waals surface area contributed by atoms with Gasteiger partial charge in [0.1, 0.15) is 0 Å². The fourth-order valence-electron chi connectivity index (χ4n) is 2.51. The van der Waals surface area contributed by atoms with Crippen LogP contribution in [-0.2, 0) is 17.9 Å². The predicted octanol–water partition coefficient (Wildman–Crippen LogP) is 4.85. The number of nitrogens with zero attached hydrogens (tertiary/aromatic N) is 3. The molecule has 8 heteroatoms. The number of carbonyl (C=O) groups is 1. The Morgan fingerprint density at radius 2 is 1.89 bits per heavy atom. The van der Waals surface area contributed by atoms with Gasteiger partial charge in [0.15, 0.2) is 11.0 Å². The number of hydrogen-bond acceptors (Lipinski definition) is 4. The van der Waals surface area contributed by atoms with Crippen LogP contribution < -0.4 is 5.32 Å². The van der Waals surface area contributed by atoms with Gasteiger partial charge >= 0.3 is 0 Å². The van der Waals surface area contributed by atoms with Crippen molar-refractivity contribution in [3.63, 3.8) is 0 Å². The zero-order valence-electron chi connectivity index (χ0n) is 14.9. The molecule has 1 heterocycles. The summed E-state index contributed by atoms with van der Waals surface area (Å²) in [6.45, 7) is 4.75. The predicted molar refractivity (Wildman–Crippen MR) is 115 cm³/mol. The van der Waals surface area contributed by atoms with E-state index in [1.165, 1.54) is 11.8 Å². The highest BCUT2D eigenvalue weighted by atomic mass is 35.5. The fourth-order valence-corrected chi connectivity index (χ4v) is 3.64. The molecule has 2 aromatic carbocycles. The number of allylic oxidation sites excluding steroid dienone is 1. The van der Waals surface area contributed by atoms with Crippen LogP contribution in [0, 0.1) is 0 Å². The summed E-state index contributed by atoms with van der Waals surface area (Å²) in [6, 6.07) is 14.8. The van der Waals surface area contributed by atoms with Gasteiger partial charge in [0, 0.05) is 23.7 Å². The van der Waals surface area contributed by atoms with Gasteiger partial charge in [-0.1, -0.05) is 65.3 Å². The number of thioether (sulfide) groups is 1. The molecule has 144 valence electrons. The first-order valence-electron chi connectivity index (χ1n) is 8.51. The average Bonchev–Trinajstić information content (AvgIpc) is 3.09. The van der Waals surface area contributed by atoms with E-state index in [1.54, 1.807) is 24.3 Å². The average molecular weight is 433 g/mol. The van der Waals surface area contributed by atoms with Crippen molar-refractivity contribution in [1.82, 2.24) is 20.1 Å². The normalized spacial score (nSPS) is 10.6. The minimum atomic E-state index is -0.0904. The summed E-state index contributed by atoms with van der Waals surface area (Å²) in [5.74, 6) is 0.785. The maximum Gasteiger partial charge on any atom is 0.230 e. The number of carbonyl (C=O) groups excluding carboxylic acids is 1. The lowest BCUT2D eigenvalue weighted by Gasteiger charge is -2.09. The highest BCUT2D eigenvalue weighted by Gasteiger charge is 2.16. The molecule has 0 saturated carbocycles. The van der Waals surface area contributed by atoms with E-state index in [0.29, 0.717) is 34.1 Å². The molecule has 0 fully saturated rings. The van der Waals surface area contributed by atoms with Crippen LogP contribution in [-0.4, -0.2) is 26.4 Å². The van der Waals surface area contributed by atoms with Gasteiger partial charge in [-0.2, -0.15) is 0 Å². The van der Waals surface area contributed by atoms with E-state index >= 15 is 0 Å². The third-order valence-electron chi connectivity index (χ3n) is 3.88. The lowest BCUT2D eigenvalue weighted by atomic mass is 10.2. The number of benzene rings is 2. The molecule has 1 amide bonds. The van der Waals surface area contributed by atoms with Crippen molar-refractivity contribution in [1.29, 1.82) is 0 Å². The Bertz CT molecular complexity index is 973. The fraction of sp³-hybridized carbons (Fsp3) is 0.150. The van der Waals surface area contributed by atoms with Gasteiger partial charge in [-0.05, 0) is 29.8 Å². The van der Waals surface area contributed by atoms with Crippen molar-refractivity contribution in [2.24, 2.45) is 0 Å². The first-order valence-corrected chi connectivity index (χ1v) is 10.3. The Kier molecular flexibility index (Phi) is 7.14. The molecule has 0 saturated heterocycles. The maximum atomic E-state index is 12.2. The summed E-state index contributed by atoms with van der Waals surface area (Å²) in [5, 5.41) is 13.3. The molecule has 3 rings (SSSR count). The number of nitrogens with one attached hydrogen (secondary N) is 1. The zero-order valence-corrected chi connectivity index (χ0v) is 17.3. The second-order valence-electron chi connectivity index (χ2n) is 5.88. The molecule has 0 bridgehead atoms. The topological polar surface area (TPSA) is 59.8 Å². The Balaban J connectivity index is 1.65. The molecule has 0 unspecified atom stereocenters. The number of aromatic nitrogens is 3. The summed E-state index contributed by atoms with van der Waals surface area (Å²) in [7, 11) is 0. The molecule has 28 heavy (non-hydrogen) atoms. The first kappa shape index (κ1) is 20.5. The van der Waals surface area contributed by atoms with E-state index < -0.39 is 0 Å². The summed E-state index contributed by atoms with van der Waals surface area (Å²) in [4.78, 5) is 12.2. The molecule has 0 aliphatic heterocycles. The number of hydrogen-bond donors (Lipinski definition) is 1. The monoisotopic (exact) mass is 432 g/mol. The lowest BCUT2D eigenvalue weighted by Crippen LogP contribution is -2.24. The molecule has 5 nitrogen and oxygen atoms in total. The molecule has 0 atom stereocenters. The van der Waals surface area contributed by atoms with E-state index in [4.69, 9.17) is 23.2 Å². The van der Waals surface area contributed by atoms with E-state index in [0.717, 1.165) is 11.1 Å². The van der Waals surface area contributed by atoms with E-state index in [9.17, 15) is 4.79 Å². The third kappa shape index (κ3) is 5.16. The van der Waals surface area contributed by atoms with Gasteiger partial charge in [0.05, 0.1) is 10.8 Å². The van der Waals surface area contributed by atoms with Crippen LogP contribution >= 0.6 is 35.0 Å². The van der Waals surface area contributed by atoms with Crippen molar-refractivity contribution in [2.45, 2.75) is 18.2 Å². The Morgan fingerprint density at radius 3 is 2.61 bits per heavy atom. The number of amides is 1. The summed E-state index contributed by atoms with van der Waals surface area (Å²) < 4.78 is 1.89. The summed E-state index contributed by atoms with van der Waals surface area (Å²) in [6.07, 6.45) is 1.76. The first-order chi connectivity index (χ1) is 13.6. The van der Waals surface area contributed by atoms with Crippen LogP contribution in [0.4, 0.5) is 0 Å². The lowest BCUT2D eigenvalue weighted by molar-refractivity contribution is -0.118. The molecule has 0 aliphatic carbocycles. The van der Waals surface area contributed by atoms with Crippen molar-refractivity contribution < 1.29 is 4.79 Å². The number of rotatable bonds is 8. The standard InChI is InChI=1S/C20H18Cl2N4OS/c1-2-11-26-19(16-5-3-4-6-17(16)22)24-25-20(26)28-13-18(27)23-12-14-7-9-15(21)10-8-14/h2-10H,1,11-13H2,(H,23,27). The summed E-state index contributed by atoms with van der Waals surface area (Å²) in [5.41, 5.74) is 1.77. The van der Waals surface area contributed by atoms with Crippen molar-refractivity contribution >= 4 is 40.9 Å². The van der Waals surface area contributed by atoms with Gasteiger partial charge in [0.2, 0.25) is 5.91 Å². The highest BCUT2D eigenvalue weighted by molar-refractivity contribution is 7.99. The van der Waals surface area contributed by atoms with Gasteiger partial charge in [0.25, 0.3) is 0 Å². The van der Waals surface area contributed by atoms with Crippen molar-refractivity contribution in [3.8, 4) is 11.4 Å². The molecular formula is C20H18Cl2N4OS. The molecule has 1 N–H and O–H groups in total. The summed E-state index contributed by atoms with van der Waals surface area (Å²) >= 11 is 13.5. The SMILES string of the molecule is C=CCn1c(SCC(=O)NCc2ccc(Cl)cc2)nnc1-c1ccccc1Cl. The zero-order chi connectivity index (χ0) is 19.9. The third-order valence-corrected chi connectivity index (χ3v) is 5.43.